The molecule has 0 unspecified atom stereocenters. The molecule has 1 aromatic heterocycles. The summed E-state index contributed by atoms with van der Waals surface area (Å²) in [6.45, 7) is 2.97. The summed E-state index contributed by atoms with van der Waals surface area (Å²) in [6, 6.07) is 0. The molecular weight excluding hydrogens is 479 g/mol. The SMILES string of the molecule is CCCCCCCC(=O)c1ncc(CCS(=O)(=O)CCC[N+](C)(C)C)o1.[I-]. The Bertz CT molecular complexity index is 651. The number of nitrogens with zero attached hydrogens (tertiary/aromatic N) is 2. The van der Waals surface area contributed by atoms with Crippen LogP contribution in [0.5, 0.6) is 0 Å². The minimum Gasteiger partial charge on any atom is -1.00 e. The van der Waals surface area contributed by atoms with Crippen LogP contribution in [0.1, 0.15) is 68.3 Å². The standard InChI is InChI=1S/C19H35N2O4S.HI/c1-5-6-7-8-9-11-18(22)19-20-16-17(25-19)12-15-26(23,24)14-10-13-21(2,3)4;/h16H,5-15H2,1-4H3;1H/q+1;/p-1. The van der Waals surface area contributed by atoms with Gasteiger partial charge in [0.2, 0.25) is 5.78 Å². The summed E-state index contributed by atoms with van der Waals surface area (Å²) in [5.41, 5.74) is 0. The Morgan fingerprint density at radius 2 is 1.74 bits per heavy atom. The van der Waals surface area contributed by atoms with Gasteiger partial charge in [0.15, 0.2) is 9.84 Å². The number of oxazole rings is 1. The highest BCUT2D eigenvalue weighted by atomic mass is 127. The van der Waals surface area contributed by atoms with Crippen molar-refractivity contribution in [2.75, 3.05) is 39.2 Å². The van der Waals surface area contributed by atoms with Crippen LogP contribution in [-0.2, 0) is 16.3 Å². The molecule has 8 heteroatoms. The summed E-state index contributed by atoms with van der Waals surface area (Å²) < 4.78 is 30.4. The number of carbonyl (C=O) groups is 1. The van der Waals surface area contributed by atoms with Gasteiger partial charge in [0, 0.05) is 19.3 Å². The maximum absolute atomic E-state index is 12.1. The lowest BCUT2D eigenvalue weighted by molar-refractivity contribution is -0.870. The van der Waals surface area contributed by atoms with Crippen molar-refractivity contribution in [1.29, 1.82) is 0 Å². The van der Waals surface area contributed by atoms with Gasteiger partial charge in [0.1, 0.15) is 5.76 Å². The molecule has 0 aliphatic heterocycles. The molecule has 0 fully saturated rings. The number of rotatable bonds is 14. The molecule has 0 amide bonds. The van der Waals surface area contributed by atoms with Crippen LogP contribution in [-0.4, -0.2) is 62.9 Å². The molecule has 27 heavy (non-hydrogen) atoms. The first-order chi connectivity index (χ1) is 12.1. The van der Waals surface area contributed by atoms with Gasteiger partial charge in [-0.15, -0.1) is 0 Å². The molecule has 0 saturated carbocycles. The van der Waals surface area contributed by atoms with Crippen molar-refractivity contribution in [2.45, 2.75) is 58.3 Å². The number of aromatic nitrogens is 1. The third kappa shape index (κ3) is 12.6. The lowest BCUT2D eigenvalue weighted by atomic mass is 10.1. The smallest absolute Gasteiger partial charge is 0.263 e. The van der Waals surface area contributed by atoms with Gasteiger partial charge < -0.3 is 32.9 Å². The Morgan fingerprint density at radius 3 is 2.37 bits per heavy atom. The van der Waals surface area contributed by atoms with E-state index in [-0.39, 0.29) is 53.6 Å². The molecule has 0 aliphatic carbocycles. The van der Waals surface area contributed by atoms with Crippen LogP contribution in [0.25, 0.3) is 0 Å². The Morgan fingerprint density at radius 1 is 1.07 bits per heavy atom. The largest absolute Gasteiger partial charge is 1.00 e. The lowest BCUT2D eigenvalue weighted by Crippen LogP contribution is -3.00. The second kappa shape index (κ2) is 12.9. The van der Waals surface area contributed by atoms with Gasteiger partial charge in [-0.05, 0) is 6.42 Å². The van der Waals surface area contributed by atoms with Crippen molar-refractivity contribution >= 4 is 15.6 Å². The van der Waals surface area contributed by atoms with E-state index in [4.69, 9.17) is 4.42 Å². The first-order valence-electron chi connectivity index (χ1n) is 9.62. The van der Waals surface area contributed by atoms with E-state index < -0.39 is 9.84 Å². The van der Waals surface area contributed by atoms with E-state index in [0.29, 0.717) is 18.6 Å². The number of ketones is 1. The van der Waals surface area contributed by atoms with E-state index >= 15 is 0 Å². The highest BCUT2D eigenvalue weighted by Gasteiger charge is 2.17. The summed E-state index contributed by atoms with van der Waals surface area (Å²) in [5, 5.41) is 0. The third-order valence-electron chi connectivity index (χ3n) is 4.24. The van der Waals surface area contributed by atoms with Gasteiger partial charge in [-0.25, -0.2) is 13.4 Å². The quantitative estimate of drug-likeness (QED) is 0.154. The molecule has 0 spiro atoms. The van der Waals surface area contributed by atoms with Crippen molar-refractivity contribution < 1.29 is 46.1 Å². The molecule has 1 aromatic rings. The molecule has 6 nitrogen and oxygen atoms in total. The molecule has 158 valence electrons. The van der Waals surface area contributed by atoms with Crippen LogP contribution in [0.15, 0.2) is 10.6 Å². The van der Waals surface area contributed by atoms with Crippen LogP contribution >= 0.6 is 0 Å². The molecule has 0 aliphatic rings. The molecule has 0 N–H and O–H groups in total. The molecule has 0 radical (unpaired) electrons. The fourth-order valence-corrected chi connectivity index (χ4v) is 3.95. The third-order valence-corrected chi connectivity index (χ3v) is 5.98. The van der Waals surface area contributed by atoms with Gasteiger partial charge in [0.25, 0.3) is 5.89 Å². The second-order valence-electron chi connectivity index (χ2n) is 7.99. The van der Waals surface area contributed by atoms with Crippen molar-refractivity contribution in [3.05, 3.63) is 17.8 Å². The maximum Gasteiger partial charge on any atom is 0.263 e. The summed E-state index contributed by atoms with van der Waals surface area (Å²) in [4.78, 5) is 16.1. The number of hydrogen-bond donors (Lipinski definition) is 0. The highest BCUT2D eigenvalue weighted by molar-refractivity contribution is 7.91. The summed E-state index contributed by atoms with van der Waals surface area (Å²) >= 11 is 0. The summed E-state index contributed by atoms with van der Waals surface area (Å²) in [5.74, 6) is 0.690. The number of sulfone groups is 1. The van der Waals surface area contributed by atoms with Crippen LogP contribution in [0, 0.1) is 0 Å². The normalized spacial score (nSPS) is 12.0. The topological polar surface area (TPSA) is 77.2 Å². The van der Waals surface area contributed by atoms with Gasteiger partial charge in [-0.1, -0.05) is 32.6 Å². The van der Waals surface area contributed by atoms with Crippen LogP contribution in [0.3, 0.4) is 0 Å². The molecule has 0 saturated heterocycles. The van der Waals surface area contributed by atoms with E-state index in [1.807, 2.05) is 21.1 Å². The maximum atomic E-state index is 12.1. The average Bonchev–Trinajstić information content (AvgIpc) is 3.00. The fraction of sp³-hybridized carbons (Fsp3) is 0.789. The number of hydrogen-bond acceptors (Lipinski definition) is 5. The van der Waals surface area contributed by atoms with Crippen molar-refractivity contribution in [1.82, 2.24) is 4.98 Å². The van der Waals surface area contributed by atoms with Gasteiger partial charge in [-0.3, -0.25) is 4.79 Å². The minimum atomic E-state index is -3.12. The zero-order valence-corrected chi connectivity index (χ0v) is 20.1. The molecule has 1 rings (SSSR count). The molecule has 0 atom stereocenters. The van der Waals surface area contributed by atoms with E-state index in [9.17, 15) is 13.2 Å². The number of halogens is 1. The van der Waals surface area contributed by atoms with Crippen LogP contribution in [0.2, 0.25) is 0 Å². The van der Waals surface area contributed by atoms with Crippen LogP contribution < -0.4 is 24.0 Å². The Hall–Kier alpha value is -0.480. The Labute approximate surface area is 181 Å². The zero-order chi connectivity index (χ0) is 19.6. The van der Waals surface area contributed by atoms with Crippen molar-refractivity contribution in [3.8, 4) is 0 Å². The number of aryl methyl sites for hydroxylation is 1. The monoisotopic (exact) mass is 514 g/mol. The minimum absolute atomic E-state index is 0. The van der Waals surface area contributed by atoms with Crippen molar-refractivity contribution in [2.24, 2.45) is 0 Å². The zero-order valence-electron chi connectivity index (χ0n) is 17.2. The molecular formula is C19H35IN2O4S. The van der Waals surface area contributed by atoms with E-state index in [2.05, 4.69) is 11.9 Å². The predicted molar refractivity (Wildman–Crippen MR) is 104 cm³/mol. The number of quaternary nitrogens is 1. The Balaban J connectivity index is 0.00000676. The van der Waals surface area contributed by atoms with E-state index in [1.165, 1.54) is 19.0 Å². The fourth-order valence-electron chi connectivity index (χ4n) is 2.67. The number of unbranched alkanes of at least 4 members (excludes halogenated alkanes) is 4. The lowest BCUT2D eigenvalue weighted by Gasteiger charge is -2.23. The van der Waals surface area contributed by atoms with Gasteiger partial charge in [-0.2, -0.15) is 0 Å². The number of Topliss-reactive ketones (excluding diaryl/α,β-unsaturated/α-hetero) is 1. The first kappa shape index (κ1) is 26.5. The summed E-state index contributed by atoms with van der Waals surface area (Å²) in [7, 11) is 3.02. The van der Waals surface area contributed by atoms with Gasteiger partial charge >= 0.3 is 0 Å². The Kier molecular flexibility index (Phi) is 12.6. The van der Waals surface area contributed by atoms with Gasteiger partial charge in [0.05, 0.1) is 45.4 Å². The van der Waals surface area contributed by atoms with E-state index in [1.54, 1.807) is 0 Å². The van der Waals surface area contributed by atoms with Crippen molar-refractivity contribution in [3.63, 3.8) is 0 Å². The number of carbonyl (C=O) groups excluding carboxylic acids is 1. The van der Waals surface area contributed by atoms with E-state index in [0.717, 1.165) is 30.3 Å². The predicted octanol–water partition coefficient (Wildman–Crippen LogP) is 0.275. The van der Waals surface area contributed by atoms with Crippen LogP contribution in [0.4, 0.5) is 0 Å². The average molecular weight is 514 g/mol. The molecule has 0 bridgehead atoms. The highest BCUT2D eigenvalue weighted by Crippen LogP contribution is 2.12. The first-order valence-corrected chi connectivity index (χ1v) is 11.4. The molecule has 1 heterocycles. The summed E-state index contributed by atoms with van der Waals surface area (Å²) in [6.07, 6.45) is 8.23. The second-order valence-corrected chi connectivity index (χ2v) is 10.3. The molecule has 0 aromatic carbocycles.